The number of benzene rings is 1. The third-order valence-electron chi connectivity index (χ3n) is 4.37. The van der Waals surface area contributed by atoms with Gasteiger partial charge in [0.2, 0.25) is 0 Å². The third-order valence-corrected chi connectivity index (χ3v) is 5.07. The van der Waals surface area contributed by atoms with Crippen molar-refractivity contribution in [1.82, 2.24) is 10.2 Å². The lowest BCUT2D eigenvalue weighted by molar-refractivity contribution is -0.136. The first-order chi connectivity index (χ1) is 13.2. The first-order valence-electron chi connectivity index (χ1n) is 8.61. The molecule has 0 saturated carbocycles. The molecule has 0 aliphatic carbocycles. The van der Waals surface area contributed by atoms with Crippen LogP contribution in [0, 0.1) is 11.3 Å². The summed E-state index contributed by atoms with van der Waals surface area (Å²) < 4.78 is 5.40. The van der Waals surface area contributed by atoms with E-state index < -0.39 is 11.8 Å². The van der Waals surface area contributed by atoms with Crippen molar-refractivity contribution in [1.29, 1.82) is 5.26 Å². The third kappa shape index (κ3) is 4.92. The molecule has 1 atom stereocenters. The Balaban J connectivity index is 1.61. The van der Waals surface area contributed by atoms with Crippen molar-refractivity contribution in [2.45, 2.75) is 6.04 Å². The van der Waals surface area contributed by atoms with Crippen LogP contribution in [0.1, 0.15) is 17.2 Å². The Bertz CT molecular complexity index is 826. The summed E-state index contributed by atoms with van der Waals surface area (Å²) >= 11 is 1.60. The highest BCUT2D eigenvalue weighted by molar-refractivity contribution is 7.08. The van der Waals surface area contributed by atoms with E-state index in [1.165, 1.54) is 0 Å². The fourth-order valence-electron chi connectivity index (χ4n) is 2.95. The number of nitrogens with zero attached hydrogens (tertiary/aromatic N) is 2. The molecule has 1 aliphatic heterocycles. The van der Waals surface area contributed by atoms with E-state index in [1.54, 1.807) is 35.6 Å². The average molecular weight is 384 g/mol. The summed E-state index contributed by atoms with van der Waals surface area (Å²) in [5.74, 6) is -1.51. The molecule has 1 aromatic carbocycles. The van der Waals surface area contributed by atoms with E-state index in [2.05, 4.69) is 20.9 Å². The minimum atomic E-state index is -0.788. The normalized spacial score (nSPS) is 15.5. The minimum absolute atomic E-state index is 0.0108. The highest BCUT2D eigenvalue weighted by atomic mass is 32.1. The van der Waals surface area contributed by atoms with Gasteiger partial charge >= 0.3 is 11.8 Å². The molecule has 0 bridgehead atoms. The first kappa shape index (κ1) is 19.0. The van der Waals surface area contributed by atoms with Crippen LogP contribution in [0.25, 0.3) is 0 Å². The second kappa shape index (κ2) is 9.28. The molecule has 140 valence electrons. The summed E-state index contributed by atoms with van der Waals surface area (Å²) in [4.78, 5) is 26.7. The Morgan fingerprint density at radius 1 is 1.22 bits per heavy atom. The smallest absolute Gasteiger partial charge is 0.313 e. The molecule has 0 radical (unpaired) electrons. The average Bonchev–Trinajstić information content (AvgIpc) is 3.23. The van der Waals surface area contributed by atoms with E-state index in [0.29, 0.717) is 31.0 Å². The maximum absolute atomic E-state index is 12.3. The lowest BCUT2D eigenvalue weighted by Crippen LogP contribution is -2.45. The molecule has 1 unspecified atom stereocenters. The van der Waals surface area contributed by atoms with Crippen LogP contribution in [0.2, 0.25) is 0 Å². The van der Waals surface area contributed by atoms with Gasteiger partial charge in [-0.1, -0.05) is 12.1 Å². The summed E-state index contributed by atoms with van der Waals surface area (Å²) in [7, 11) is 0. The lowest BCUT2D eigenvalue weighted by Gasteiger charge is -2.34. The number of hydrogen-bond donors (Lipinski definition) is 2. The molecule has 1 aliphatic rings. The van der Waals surface area contributed by atoms with Crippen molar-refractivity contribution < 1.29 is 14.3 Å². The molecule has 7 nitrogen and oxygen atoms in total. The van der Waals surface area contributed by atoms with Crippen LogP contribution in [0.4, 0.5) is 5.69 Å². The Hall–Kier alpha value is -2.73. The van der Waals surface area contributed by atoms with Crippen LogP contribution >= 0.6 is 11.3 Å². The molecule has 2 aromatic rings. The van der Waals surface area contributed by atoms with Gasteiger partial charge in [-0.2, -0.15) is 16.6 Å². The second-order valence-corrected chi connectivity index (χ2v) is 6.82. The summed E-state index contributed by atoms with van der Waals surface area (Å²) in [5, 5.41) is 18.3. The largest absolute Gasteiger partial charge is 0.379 e. The maximum atomic E-state index is 12.3. The number of thiophene rings is 1. The minimum Gasteiger partial charge on any atom is -0.379 e. The van der Waals surface area contributed by atoms with E-state index in [9.17, 15) is 9.59 Å². The number of anilines is 1. The van der Waals surface area contributed by atoms with Gasteiger partial charge in [0.15, 0.2) is 0 Å². The van der Waals surface area contributed by atoms with Gasteiger partial charge in [-0.15, -0.1) is 0 Å². The van der Waals surface area contributed by atoms with Crippen LogP contribution in [0.3, 0.4) is 0 Å². The van der Waals surface area contributed by atoms with Crippen LogP contribution < -0.4 is 10.6 Å². The van der Waals surface area contributed by atoms with E-state index in [1.807, 2.05) is 17.5 Å². The van der Waals surface area contributed by atoms with Gasteiger partial charge in [0.25, 0.3) is 0 Å². The SMILES string of the molecule is N#Cc1ccccc1NC(=O)C(=O)NCC(c1ccsc1)N1CCOCC1. The van der Waals surface area contributed by atoms with E-state index in [0.717, 1.165) is 18.7 Å². The molecule has 8 heteroatoms. The van der Waals surface area contributed by atoms with Crippen molar-refractivity contribution >= 4 is 28.8 Å². The Labute approximate surface area is 161 Å². The van der Waals surface area contributed by atoms with Gasteiger partial charge in [0.05, 0.1) is 30.5 Å². The zero-order chi connectivity index (χ0) is 19.1. The Kier molecular flexibility index (Phi) is 6.54. The number of carbonyl (C=O) groups is 2. The number of para-hydroxylation sites is 1. The van der Waals surface area contributed by atoms with Crippen molar-refractivity contribution in [3.63, 3.8) is 0 Å². The molecule has 1 fully saturated rings. The summed E-state index contributed by atoms with van der Waals surface area (Å²) in [6.45, 7) is 3.18. The van der Waals surface area contributed by atoms with Crippen LogP contribution in [-0.2, 0) is 14.3 Å². The number of nitrogens with one attached hydrogen (secondary N) is 2. The predicted octanol–water partition coefficient (Wildman–Crippen LogP) is 1.75. The fourth-order valence-corrected chi connectivity index (χ4v) is 3.66. The molecule has 2 heterocycles. The number of ether oxygens (including phenoxy) is 1. The first-order valence-corrected chi connectivity index (χ1v) is 9.55. The quantitative estimate of drug-likeness (QED) is 0.766. The van der Waals surface area contributed by atoms with Crippen molar-refractivity contribution in [3.8, 4) is 6.07 Å². The van der Waals surface area contributed by atoms with Gasteiger partial charge in [0, 0.05) is 19.6 Å². The molecule has 1 saturated heterocycles. The van der Waals surface area contributed by atoms with Gasteiger partial charge < -0.3 is 15.4 Å². The number of nitriles is 1. The predicted molar refractivity (Wildman–Crippen MR) is 102 cm³/mol. The molecular weight excluding hydrogens is 364 g/mol. The van der Waals surface area contributed by atoms with E-state index in [4.69, 9.17) is 10.00 Å². The summed E-state index contributed by atoms with van der Waals surface area (Å²) in [6.07, 6.45) is 0. The van der Waals surface area contributed by atoms with Crippen LogP contribution in [0.15, 0.2) is 41.1 Å². The van der Waals surface area contributed by atoms with Gasteiger partial charge in [-0.05, 0) is 34.5 Å². The molecule has 0 spiro atoms. The zero-order valence-electron chi connectivity index (χ0n) is 14.7. The molecule has 3 rings (SSSR count). The number of carbonyl (C=O) groups excluding carboxylic acids is 2. The van der Waals surface area contributed by atoms with Crippen molar-refractivity contribution in [2.75, 3.05) is 38.2 Å². The summed E-state index contributed by atoms with van der Waals surface area (Å²) in [6, 6.07) is 10.6. The number of rotatable bonds is 5. The lowest BCUT2D eigenvalue weighted by atomic mass is 10.1. The number of amides is 2. The van der Waals surface area contributed by atoms with Gasteiger partial charge in [-0.25, -0.2) is 0 Å². The molecule has 27 heavy (non-hydrogen) atoms. The second-order valence-electron chi connectivity index (χ2n) is 6.04. The van der Waals surface area contributed by atoms with Crippen LogP contribution in [0.5, 0.6) is 0 Å². The van der Waals surface area contributed by atoms with Crippen molar-refractivity contribution in [3.05, 3.63) is 52.2 Å². The molecular formula is C19H20N4O3S. The highest BCUT2D eigenvalue weighted by Crippen LogP contribution is 2.23. The monoisotopic (exact) mass is 384 g/mol. The number of morpholine rings is 1. The van der Waals surface area contributed by atoms with Crippen LogP contribution in [-0.4, -0.2) is 49.6 Å². The zero-order valence-corrected chi connectivity index (χ0v) is 15.5. The van der Waals surface area contributed by atoms with E-state index >= 15 is 0 Å². The Morgan fingerprint density at radius 2 is 2.00 bits per heavy atom. The molecule has 2 amide bonds. The fraction of sp³-hybridized carbons (Fsp3) is 0.316. The summed E-state index contributed by atoms with van der Waals surface area (Å²) in [5.41, 5.74) is 1.74. The van der Waals surface area contributed by atoms with Gasteiger partial charge in [-0.3, -0.25) is 14.5 Å². The van der Waals surface area contributed by atoms with Gasteiger partial charge in [0.1, 0.15) is 6.07 Å². The number of hydrogen-bond acceptors (Lipinski definition) is 6. The highest BCUT2D eigenvalue weighted by Gasteiger charge is 2.25. The Morgan fingerprint density at radius 3 is 2.70 bits per heavy atom. The van der Waals surface area contributed by atoms with Crippen molar-refractivity contribution in [2.24, 2.45) is 0 Å². The topological polar surface area (TPSA) is 94.5 Å². The standard InChI is InChI=1S/C19H20N4O3S/c20-11-14-3-1-2-4-16(14)22-19(25)18(24)21-12-17(15-5-10-27-13-15)23-6-8-26-9-7-23/h1-5,10,13,17H,6-9,12H2,(H,21,24)(H,22,25). The molecule has 2 N–H and O–H groups in total. The molecule has 1 aromatic heterocycles. The maximum Gasteiger partial charge on any atom is 0.313 e. The van der Waals surface area contributed by atoms with E-state index in [-0.39, 0.29) is 6.04 Å².